The fourth-order valence-corrected chi connectivity index (χ4v) is 5.07. The van der Waals surface area contributed by atoms with Crippen molar-refractivity contribution < 1.29 is 4.79 Å². The minimum Gasteiger partial charge on any atom is -0.357 e. The van der Waals surface area contributed by atoms with Crippen molar-refractivity contribution in [3.05, 3.63) is 39.8 Å². The molecule has 2 aliphatic rings. The number of anilines is 3. The maximum atomic E-state index is 13.5. The van der Waals surface area contributed by atoms with Crippen LogP contribution in [-0.2, 0) is 7.05 Å². The quantitative estimate of drug-likeness (QED) is 0.714. The van der Waals surface area contributed by atoms with Crippen LogP contribution in [0.3, 0.4) is 0 Å². The Labute approximate surface area is 165 Å². The molecule has 28 heavy (non-hydrogen) atoms. The third kappa shape index (κ3) is 2.42. The second-order valence-electron chi connectivity index (χ2n) is 7.18. The van der Waals surface area contributed by atoms with Crippen molar-refractivity contribution in [2.75, 3.05) is 35.3 Å². The number of aryl methyl sites for hydroxylation is 1. The van der Waals surface area contributed by atoms with Gasteiger partial charge >= 0.3 is 0 Å². The van der Waals surface area contributed by atoms with Gasteiger partial charge in [-0.3, -0.25) is 9.59 Å². The highest BCUT2D eigenvalue weighted by Gasteiger charge is 2.38. The van der Waals surface area contributed by atoms with Gasteiger partial charge in [0.1, 0.15) is 11.4 Å². The first kappa shape index (κ1) is 17.2. The predicted octanol–water partition coefficient (Wildman–Crippen LogP) is 2.06. The number of hydrogen-bond donors (Lipinski definition) is 1. The Morgan fingerprint density at radius 1 is 1.32 bits per heavy atom. The number of aromatic nitrogens is 3. The molecule has 9 heteroatoms. The molecule has 1 atom stereocenters. The van der Waals surface area contributed by atoms with E-state index in [1.54, 1.807) is 36.0 Å². The summed E-state index contributed by atoms with van der Waals surface area (Å²) in [5.41, 5.74) is 1.08. The monoisotopic (exact) mass is 396 g/mol. The van der Waals surface area contributed by atoms with Crippen LogP contribution in [0, 0.1) is 0 Å². The summed E-state index contributed by atoms with van der Waals surface area (Å²) in [5.74, 6) is 1.03. The number of rotatable bonds is 2. The summed E-state index contributed by atoms with van der Waals surface area (Å²) in [6.07, 6.45) is 5.40. The number of carbonyl (C=O) groups is 1. The van der Waals surface area contributed by atoms with Gasteiger partial charge in [0.2, 0.25) is 5.95 Å². The first-order chi connectivity index (χ1) is 13.6. The predicted molar refractivity (Wildman–Crippen MR) is 111 cm³/mol. The molecule has 0 unspecified atom stereocenters. The molecule has 0 spiro atoms. The third-order valence-corrected chi connectivity index (χ3v) is 6.52. The van der Waals surface area contributed by atoms with E-state index in [1.165, 1.54) is 11.3 Å². The van der Waals surface area contributed by atoms with Crippen LogP contribution in [0.1, 0.15) is 23.2 Å². The van der Waals surface area contributed by atoms with Gasteiger partial charge in [0.25, 0.3) is 11.5 Å². The molecule has 0 bridgehead atoms. The van der Waals surface area contributed by atoms with Gasteiger partial charge in [-0.2, -0.15) is 4.98 Å². The fourth-order valence-electron chi connectivity index (χ4n) is 4.14. The number of nitrogens with one attached hydrogen (secondary N) is 1. The molecule has 144 valence electrons. The Hall–Kier alpha value is -2.94. The van der Waals surface area contributed by atoms with E-state index in [0.717, 1.165) is 24.1 Å². The molecule has 5 rings (SSSR count). The SMILES string of the molecule is CNc1ncc2c(n1)N1CCC[C@H]1CN(c1csc3ccn(C)c(=O)c13)C2=O. The van der Waals surface area contributed by atoms with Crippen molar-refractivity contribution in [2.45, 2.75) is 18.9 Å². The van der Waals surface area contributed by atoms with Gasteiger partial charge in [-0.1, -0.05) is 0 Å². The molecule has 0 saturated carbocycles. The molecule has 0 aromatic carbocycles. The Balaban J connectivity index is 1.70. The second-order valence-corrected chi connectivity index (χ2v) is 8.09. The lowest BCUT2D eigenvalue weighted by atomic mass is 10.2. The van der Waals surface area contributed by atoms with E-state index < -0.39 is 0 Å². The minimum absolute atomic E-state index is 0.0870. The van der Waals surface area contributed by atoms with Crippen LogP contribution in [0.5, 0.6) is 0 Å². The van der Waals surface area contributed by atoms with Crippen molar-refractivity contribution in [3.8, 4) is 0 Å². The summed E-state index contributed by atoms with van der Waals surface area (Å²) in [5, 5.41) is 5.47. The van der Waals surface area contributed by atoms with Crippen molar-refractivity contribution in [1.82, 2.24) is 14.5 Å². The number of amides is 1. The van der Waals surface area contributed by atoms with Crippen molar-refractivity contribution in [3.63, 3.8) is 0 Å². The zero-order chi connectivity index (χ0) is 19.4. The van der Waals surface area contributed by atoms with Crippen LogP contribution in [0.2, 0.25) is 0 Å². The van der Waals surface area contributed by atoms with Crippen LogP contribution in [0.25, 0.3) is 10.1 Å². The molecule has 5 heterocycles. The summed E-state index contributed by atoms with van der Waals surface area (Å²) in [4.78, 5) is 39.1. The summed E-state index contributed by atoms with van der Waals surface area (Å²) < 4.78 is 2.44. The second kappa shape index (κ2) is 6.30. The van der Waals surface area contributed by atoms with E-state index in [2.05, 4.69) is 20.2 Å². The Morgan fingerprint density at radius 3 is 3.00 bits per heavy atom. The largest absolute Gasteiger partial charge is 0.357 e. The summed E-state index contributed by atoms with van der Waals surface area (Å²) in [6, 6.07) is 2.10. The average molecular weight is 396 g/mol. The van der Waals surface area contributed by atoms with E-state index >= 15 is 0 Å². The van der Waals surface area contributed by atoms with E-state index in [4.69, 9.17) is 0 Å². The van der Waals surface area contributed by atoms with Gasteiger partial charge in [0, 0.05) is 55.7 Å². The van der Waals surface area contributed by atoms with Crippen molar-refractivity contribution >= 4 is 44.8 Å². The lowest BCUT2D eigenvalue weighted by Gasteiger charge is -2.26. The highest BCUT2D eigenvalue weighted by atomic mass is 32.1. The van der Waals surface area contributed by atoms with E-state index in [0.29, 0.717) is 34.9 Å². The standard InChI is InChI=1S/C19H20N6O2S/c1-20-19-21-8-12-16(22-19)24-6-3-4-11(24)9-25(17(12)26)13-10-28-14-5-7-23(2)18(27)15(13)14/h5,7-8,10-11H,3-4,6,9H2,1-2H3,(H,20,21,22)/t11-/m0/s1. The molecular weight excluding hydrogens is 376 g/mol. The smallest absolute Gasteiger partial charge is 0.263 e. The van der Waals surface area contributed by atoms with E-state index in [1.807, 2.05) is 11.4 Å². The van der Waals surface area contributed by atoms with Crippen LogP contribution >= 0.6 is 11.3 Å². The number of carbonyl (C=O) groups excluding carboxylic acids is 1. The molecule has 0 radical (unpaired) electrons. The molecule has 1 N–H and O–H groups in total. The highest BCUT2D eigenvalue weighted by Crippen LogP contribution is 2.37. The molecule has 8 nitrogen and oxygen atoms in total. The van der Waals surface area contributed by atoms with Crippen LogP contribution in [0.15, 0.2) is 28.6 Å². The number of fused-ring (bicyclic) bond motifs is 4. The van der Waals surface area contributed by atoms with E-state index in [9.17, 15) is 9.59 Å². The Bertz CT molecular complexity index is 1150. The summed E-state index contributed by atoms with van der Waals surface area (Å²) >= 11 is 1.49. The van der Waals surface area contributed by atoms with Gasteiger partial charge in [-0.25, -0.2) is 4.98 Å². The maximum Gasteiger partial charge on any atom is 0.263 e. The Kier molecular flexibility index (Phi) is 3.87. The van der Waals surface area contributed by atoms with Gasteiger partial charge < -0.3 is 19.7 Å². The average Bonchev–Trinajstić information content (AvgIpc) is 3.33. The van der Waals surface area contributed by atoms with Gasteiger partial charge in [-0.05, 0) is 18.9 Å². The normalized spacial score (nSPS) is 18.9. The van der Waals surface area contributed by atoms with E-state index in [-0.39, 0.29) is 17.5 Å². The first-order valence-electron chi connectivity index (χ1n) is 9.28. The number of pyridine rings is 1. The van der Waals surface area contributed by atoms with Crippen LogP contribution in [0.4, 0.5) is 17.5 Å². The molecular formula is C19H20N6O2S. The van der Waals surface area contributed by atoms with Crippen molar-refractivity contribution in [1.29, 1.82) is 0 Å². The highest BCUT2D eigenvalue weighted by molar-refractivity contribution is 7.17. The third-order valence-electron chi connectivity index (χ3n) is 5.58. The topological polar surface area (TPSA) is 83.4 Å². The van der Waals surface area contributed by atoms with Crippen molar-refractivity contribution in [2.24, 2.45) is 7.05 Å². The molecule has 3 aromatic heterocycles. The summed E-state index contributed by atoms with van der Waals surface area (Å²) in [6.45, 7) is 1.40. The molecule has 1 saturated heterocycles. The Morgan fingerprint density at radius 2 is 2.18 bits per heavy atom. The molecule has 0 aliphatic carbocycles. The van der Waals surface area contributed by atoms with Crippen LogP contribution in [-0.4, -0.2) is 46.6 Å². The number of nitrogens with zero attached hydrogens (tertiary/aromatic N) is 5. The lowest BCUT2D eigenvalue weighted by molar-refractivity contribution is 0.0988. The molecule has 3 aromatic rings. The summed E-state index contributed by atoms with van der Waals surface area (Å²) in [7, 11) is 3.50. The minimum atomic E-state index is -0.155. The fraction of sp³-hybridized carbons (Fsp3) is 0.368. The van der Waals surface area contributed by atoms with Gasteiger partial charge in [0.15, 0.2) is 0 Å². The number of thiophene rings is 1. The molecule has 1 fully saturated rings. The van der Waals surface area contributed by atoms with Gasteiger partial charge in [0.05, 0.1) is 11.1 Å². The maximum absolute atomic E-state index is 13.5. The molecule has 1 amide bonds. The lowest BCUT2D eigenvalue weighted by Crippen LogP contribution is -2.40. The zero-order valence-corrected chi connectivity index (χ0v) is 16.5. The zero-order valence-electron chi connectivity index (χ0n) is 15.7. The van der Waals surface area contributed by atoms with Gasteiger partial charge in [-0.15, -0.1) is 11.3 Å². The first-order valence-corrected chi connectivity index (χ1v) is 10.2. The number of hydrogen-bond acceptors (Lipinski definition) is 7. The molecule has 2 aliphatic heterocycles. The van der Waals surface area contributed by atoms with Crippen LogP contribution < -0.4 is 20.7 Å².